The third kappa shape index (κ3) is 2.26. The number of hydrogen-bond acceptors (Lipinski definition) is 3. The van der Waals surface area contributed by atoms with Gasteiger partial charge >= 0.3 is 0 Å². The SMILES string of the molecule is COCc1ccccc1C1C(N)CC(=O)N1C1CC1. The lowest BCUT2D eigenvalue weighted by Gasteiger charge is -2.29. The van der Waals surface area contributed by atoms with Crippen molar-refractivity contribution in [3.05, 3.63) is 35.4 Å². The number of hydrogen-bond donors (Lipinski definition) is 1. The van der Waals surface area contributed by atoms with Crippen molar-refractivity contribution in [3.63, 3.8) is 0 Å². The van der Waals surface area contributed by atoms with Crippen molar-refractivity contribution in [3.8, 4) is 0 Å². The second kappa shape index (κ2) is 4.94. The number of rotatable bonds is 4. The molecule has 19 heavy (non-hydrogen) atoms. The van der Waals surface area contributed by atoms with E-state index in [2.05, 4.69) is 12.1 Å². The molecule has 2 N–H and O–H groups in total. The van der Waals surface area contributed by atoms with Crippen molar-refractivity contribution in [2.45, 2.75) is 44.0 Å². The summed E-state index contributed by atoms with van der Waals surface area (Å²) in [6.07, 6.45) is 2.69. The number of ether oxygens (including phenoxy) is 1. The van der Waals surface area contributed by atoms with Crippen LogP contribution in [-0.2, 0) is 16.1 Å². The highest BCUT2D eigenvalue weighted by Gasteiger charge is 2.46. The summed E-state index contributed by atoms with van der Waals surface area (Å²) in [6.45, 7) is 0.562. The van der Waals surface area contributed by atoms with Crippen LogP contribution < -0.4 is 5.73 Å². The topological polar surface area (TPSA) is 55.6 Å². The molecule has 1 aliphatic heterocycles. The number of likely N-dealkylation sites (tertiary alicyclic amines) is 1. The Labute approximate surface area is 113 Å². The molecule has 2 fully saturated rings. The van der Waals surface area contributed by atoms with E-state index in [4.69, 9.17) is 10.5 Å². The van der Waals surface area contributed by atoms with Gasteiger partial charge in [0.2, 0.25) is 5.91 Å². The molecule has 0 aromatic heterocycles. The predicted molar refractivity (Wildman–Crippen MR) is 72.4 cm³/mol. The van der Waals surface area contributed by atoms with Crippen LogP contribution in [0.5, 0.6) is 0 Å². The molecule has 1 aromatic carbocycles. The zero-order valence-corrected chi connectivity index (χ0v) is 11.2. The second-order valence-electron chi connectivity index (χ2n) is 5.48. The van der Waals surface area contributed by atoms with Crippen LogP contribution in [-0.4, -0.2) is 30.0 Å². The third-order valence-corrected chi connectivity index (χ3v) is 4.02. The fraction of sp³-hybridized carbons (Fsp3) is 0.533. The molecule has 1 saturated heterocycles. The molecule has 2 unspecified atom stereocenters. The number of amides is 1. The van der Waals surface area contributed by atoms with Gasteiger partial charge in [-0.3, -0.25) is 4.79 Å². The molecule has 1 aliphatic carbocycles. The lowest BCUT2D eigenvalue weighted by molar-refractivity contribution is -0.129. The van der Waals surface area contributed by atoms with E-state index in [9.17, 15) is 4.79 Å². The van der Waals surface area contributed by atoms with Crippen LogP contribution in [0, 0.1) is 0 Å². The van der Waals surface area contributed by atoms with Gasteiger partial charge in [0.05, 0.1) is 12.6 Å². The minimum atomic E-state index is -0.105. The zero-order valence-electron chi connectivity index (χ0n) is 11.2. The molecule has 2 atom stereocenters. The van der Waals surface area contributed by atoms with Crippen LogP contribution in [0.3, 0.4) is 0 Å². The molecule has 4 heteroatoms. The maximum absolute atomic E-state index is 12.1. The molecule has 1 saturated carbocycles. The summed E-state index contributed by atoms with van der Waals surface area (Å²) in [5.74, 6) is 0.201. The largest absolute Gasteiger partial charge is 0.380 e. The van der Waals surface area contributed by atoms with E-state index < -0.39 is 0 Å². The quantitative estimate of drug-likeness (QED) is 0.894. The van der Waals surface area contributed by atoms with E-state index >= 15 is 0 Å². The molecule has 3 rings (SSSR count). The van der Waals surface area contributed by atoms with E-state index in [-0.39, 0.29) is 18.0 Å². The average Bonchev–Trinajstić information content (AvgIpc) is 3.17. The van der Waals surface area contributed by atoms with Gasteiger partial charge in [0.15, 0.2) is 0 Å². The first-order valence-electron chi connectivity index (χ1n) is 6.86. The van der Waals surface area contributed by atoms with Gasteiger partial charge in [-0.1, -0.05) is 24.3 Å². The van der Waals surface area contributed by atoms with Crippen molar-refractivity contribution in [1.82, 2.24) is 4.90 Å². The van der Waals surface area contributed by atoms with Crippen LogP contribution >= 0.6 is 0 Å². The second-order valence-corrected chi connectivity index (χ2v) is 5.48. The molecule has 0 radical (unpaired) electrons. The Bertz CT molecular complexity index is 485. The lowest BCUT2D eigenvalue weighted by Crippen LogP contribution is -2.35. The molecule has 4 nitrogen and oxygen atoms in total. The van der Waals surface area contributed by atoms with E-state index in [1.807, 2.05) is 17.0 Å². The number of benzene rings is 1. The van der Waals surface area contributed by atoms with Crippen LogP contribution in [0.4, 0.5) is 0 Å². The van der Waals surface area contributed by atoms with Crippen molar-refractivity contribution in [2.75, 3.05) is 7.11 Å². The minimum absolute atomic E-state index is 0.0198. The van der Waals surface area contributed by atoms with Gasteiger partial charge in [-0.2, -0.15) is 0 Å². The Kier molecular flexibility index (Phi) is 3.29. The monoisotopic (exact) mass is 260 g/mol. The Morgan fingerprint density at radius 1 is 1.37 bits per heavy atom. The highest BCUT2D eigenvalue weighted by molar-refractivity contribution is 5.81. The van der Waals surface area contributed by atoms with E-state index in [1.54, 1.807) is 7.11 Å². The maximum Gasteiger partial charge on any atom is 0.225 e. The molecular weight excluding hydrogens is 240 g/mol. The molecule has 102 valence electrons. The Morgan fingerprint density at radius 3 is 2.79 bits per heavy atom. The van der Waals surface area contributed by atoms with Gasteiger partial charge < -0.3 is 15.4 Å². The van der Waals surface area contributed by atoms with Crippen LogP contribution in [0.15, 0.2) is 24.3 Å². The summed E-state index contributed by atoms with van der Waals surface area (Å²) >= 11 is 0. The number of methoxy groups -OCH3 is 1. The zero-order chi connectivity index (χ0) is 13.4. The predicted octanol–water partition coefficient (Wildman–Crippen LogP) is 1.60. The van der Waals surface area contributed by atoms with E-state index in [1.165, 1.54) is 0 Å². The molecule has 0 bridgehead atoms. The highest BCUT2D eigenvalue weighted by atomic mass is 16.5. The Balaban J connectivity index is 1.97. The van der Waals surface area contributed by atoms with Gasteiger partial charge in [-0.15, -0.1) is 0 Å². The smallest absolute Gasteiger partial charge is 0.225 e. The third-order valence-electron chi connectivity index (χ3n) is 4.02. The summed E-state index contributed by atoms with van der Waals surface area (Å²) in [4.78, 5) is 14.1. The molecular formula is C15H20N2O2. The molecule has 0 spiro atoms. The van der Waals surface area contributed by atoms with E-state index in [0.29, 0.717) is 19.1 Å². The highest BCUT2D eigenvalue weighted by Crippen LogP contribution is 2.42. The minimum Gasteiger partial charge on any atom is -0.380 e. The van der Waals surface area contributed by atoms with Gasteiger partial charge in [-0.25, -0.2) is 0 Å². The van der Waals surface area contributed by atoms with Crippen molar-refractivity contribution in [2.24, 2.45) is 5.73 Å². The number of nitrogens with zero attached hydrogens (tertiary/aromatic N) is 1. The first-order valence-corrected chi connectivity index (χ1v) is 6.86. The summed E-state index contributed by atoms with van der Waals surface area (Å²) in [5, 5.41) is 0. The van der Waals surface area contributed by atoms with Gasteiger partial charge in [0, 0.05) is 25.6 Å². The van der Waals surface area contributed by atoms with Gasteiger partial charge in [0.25, 0.3) is 0 Å². The number of carbonyl (C=O) groups is 1. The first-order chi connectivity index (χ1) is 9.22. The van der Waals surface area contributed by atoms with Crippen molar-refractivity contribution >= 4 is 5.91 Å². The van der Waals surface area contributed by atoms with Gasteiger partial charge in [-0.05, 0) is 24.0 Å². The van der Waals surface area contributed by atoms with Crippen molar-refractivity contribution in [1.29, 1.82) is 0 Å². The first kappa shape index (κ1) is 12.6. The molecule has 1 amide bonds. The summed E-state index contributed by atoms with van der Waals surface area (Å²) in [5.41, 5.74) is 8.50. The number of carbonyl (C=O) groups excluding carboxylic acids is 1. The Hall–Kier alpha value is -1.39. The van der Waals surface area contributed by atoms with Crippen LogP contribution in [0.1, 0.15) is 36.4 Å². The average molecular weight is 260 g/mol. The molecule has 1 heterocycles. The van der Waals surface area contributed by atoms with Crippen molar-refractivity contribution < 1.29 is 9.53 Å². The summed E-state index contributed by atoms with van der Waals surface area (Å²) in [6, 6.07) is 8.46. The normalized spacial score (nSPS) is 27.1. The standard InChI is InChI=1S/C15H20N2O2/c1-19-9-10-4-2-3-5-12(10)15-13(16)8-14(18)17(15)11-6-7-11/h2-5,11,13,15H,6-9,16H2,1H3. The van der Waals surface area contributed by atoms with Crippen LogP contribution in [0.2, 0.25) is 0 Å². The van der Waals surface area contributed by atoms with Crippen LogP contribution in [0.25, 0.3) is 0 Å². The fourth-order valence-corrected chi connectivity index (χ4v) is 3.05. The maximum atomic E-state index is 12.1. The summed E-state index contributed by atoms with van der Waals surface area (Å²) in [7, 11) is 1.69. The lowest BCUT2D eigenvalue weighted by atomic mass is 9.96. The van der Waals surface area contributed by atoms with Gasteiger partial charge in [0.1, 0.15) is 0 Å². The summed E-state index contributed by atoms with van der Waals surface area (Å²) < 4.78 is 5.26. The number of nitrogens with two attached hydrogens (primary N) is 1. The molecule has 2 aliphatic rings. The fourth-order valence-electron chi connectivity index (χ4n) is 3.05. The molecule has 1 aromatic rings. The van der Waals surface area contributed by atoms with E-state index in [0.717, 1.165) is 24.0 Å². The Morgan fingerprint density at radius 2 is 2.11 bits per heavy atom.